The zero-order valence-corrected chi connectivity index (χ0v) is 12.0. The lowest BCUT2D eigenvalue weighted by molar-refractivity contribution is -0.0984. The maximum absolute atomic E-state index is 6.03. The Bertz CT molecular complexity index is 262. The normalized spacial score (nSPS) is 40.0. The topological polar surface area (TPSA) is 47.7 Å². The second kappa shape index (κ2) is 6.33. The second-order valence-electron chi connectivity index (χ2n) is 5.77. The van der Waals surface area contributed by atoms with Crippen LogP contribution in [0.15, 0.2) is 0 Å². The Kier molecular flexibility index (Phi) is 5.01. The highest BCUT2D eigenvalue weighted by atomic mass is 16.5. The molecule has 0 aromatic rings. The molecular weight excluding hydrogens is 228 g/mol. The molecule has 18 heavy (non-hydrogen) atoms. The largest absolute Gasteiger partial charge is 0.376 e. The van der Waals surface area contributed by atoms with Crippen molar-refractivity contribution in [3.63, 3.8) is 0 Å². The van der Waals surface area contributed by atoms with Crippen LogP contribution in [0, 0.1) is 0 Å². The van der Waals surface area contributed by atoms with E-state index in [4.69, 9.17) is 15.2 Å². The zero-order valence-electron chi connectivity index (χ0n) is 12.0. The smallest absolute Gasteiger partial charge is 0.0747 e. The fraction of sp³-hybridized carbons (Fsp3) is 1.00. The molecule has 0 saturated carbocycles. The molecule has 2 saturated heterocycles. The zero-order chi connectivity index (χ0) is 13.1. The molecule has 0 aromatic carbocycles. The second-order valence-corrected chi connectivity index (χ2v) is 5.77. The maximum atomic E-state index is 6.03. The van der Waals surface area contributed by atoms with Crippen molar-refractivity contribution < 1.29 is 9.47 Å². The summed E-state index contributed by atoms with van der Waals surface area (Å²) < 4.78 is 11.8. The highest BCUT2D eigenvalue weighted by Gasteiger charge is 2.37. The molecule has 2 heterocycles. The third-order valence-electron chi connectivity index (χ3n) is 4.34. The first kappa shape index (κ1) is 14.3. The average molecular weight is 256 g/mol. The van der Waals surface area contributed by atoms with Crippen LogP contribution < -0.4 is 5.73 Å². The van der Waals surface area contributed by atoms with Crippen molar-refractivity contribution in [2.75, 3.05) is 19.7 Å². The van der Waals surface area contributed by atoms with Crippen LogP contribution >= 0.6 is 0 Å². The molecule has 0 amide bonds. The summed E-state index contributed by atoms with van der Waals surface area (Å²) in [4.78, 5) is 2.54. The predicted molar refractivity (Wildman–Crippen MR) is 72.6 cm³/mol. The highest BCUT2D eigenvalue weighted by molar-refractivity contribution is 4.91. The van der Waals surface area contributed by atoms with Crippen LogP contribution in [-0.2, 0) is 9.47 Å². The minimum Gasteiger partial charge on any atom is -0.376 e. The van der Waals surface area contributed by atoms with Crippen molar-refractivity contribution in [1.82, 2.24) is 4.90 Å². The van der Waals surface area contributed by atoms with E-state index >= 15 is 0 Å². The Labute approximate surface area is 111 Å². The van der Waals surface area contributed by atoms with E-state index in [1.54, 1.807) is 0 Å². The number of rotatable bonds is 4. The summed E-state index contributed by atoms with van der Waals surface area (Å²) in [7, 11) is 0. The molecule has 2 fully saturated rings. The molecule has 0 bridgehead atoms. The van der Waals surface area contributed by atoms with Crippen LogP contribution in [0.2, 0.25) is 0 Å². The van der Waals surface area contributed by atoms with Gasteiger partial charge < -0.3 is 15.2 Å². The molecule has 5 unspecified atom stereocenters. The van der Waals surface area contributed by atoms with E-state index in [2.05, 4.69) is 25.7 Å². The van der Waals surface area contributed by atoms with Gasteiger partial charge in [0.15, 0.2) is 0 Å². The number of hydrogen-bond acceptors (Lipinski definition) is 4. The monoisotopic (exact) mass is 256 g/mol. The molecule has 2 rings (SSSR count). The van der Waals surface area contributed by atoms with Crippen LogP contribution in [0.25, 0.3) is 0 Å². The van der Waals surface area contributed by atoms with Crippen molar-refractivity contribution in [2.24, 2.45) is 5.73 Å². The minimum atomic E-state index is 0.306. The summed E-state index contributed by atoms with van der Waals surface area (Å²) in [5.41, 5.74) is 6.03. The summed E-state index contributed by atoms with van der Waals surface area (Å²) in [5, 5.41) is 0. The lowest BCUT2D eigenvalue weighted by Gasteiger charge is -2.44. The van der Waals surface area contributed by atoms with Crippen molar-refractivity contribution >= 4 is 0 Å². The summed E-state index contributed by atoms with van der Waals surface area (Å²) in [6.07, 6.45) is 4.43. The van der Waals surface area contributed by atoms with Crippen molar-refractivity contribution in [3.05, 3.63) is 0 Å². The van der Waals surface area contributed by atoms with Crippen molar-refractivity contribution in [1.29, 1.82) is 0 Å². The van der Waals surface area contributed by atoms with E-state index in [1.165, 1.54) is 0 Å². The first-order valence-electron chi connectivity index (χ1n) is 7.38. The van der Waals surface area contributed by atoms with E-state index in [9.17, 15) is 0 Å². The molecular formula is C14H28N2O2. The van der Waals surface area contributed by atoms with E-state index < -0.39 is 0 Å². The summed E-state index contributed by atoms with van der Waals surface area (Å²) >= 11 is 0. The molecule has 2 N–H and O–H groups in total. The SMILES string of the molecule is CCC1COC(C)CN1C(CN)C1CCC(C)O1. The highest BCUT2D eigenvalue weighted by Crippen LogP contribution is 2.27. The minimum absolute atomic E-state index is 0.306. The molecule has 106 valence electrons. The van der Waals surface area contributed by atoms with E-state index in [-0.39, 0.29) is 0 Å². The van der Waals surface area contributed by atoms with E-state index in [0.29, 0.717) is 36.9 Å². The van der Waals surface area contributed by atoms with Crippen LogP contribution in [0.5, 0.6) is 0 Å². The molecule has 0 spiro atoms. The Balaban J connectivity index is 2.04. The molecule has 0 radical (unpaired) electrons. The van der Waals surface area contributed by atoms with E-state index in [1.807, 2.05) is 0 Å². The average Bonchev–Trinajstić information content (AvgIpc) is 2.77. The van der Waals surface area contributed by atoms with Gasteiger partial charge >= 0.3 is 0 Å². The van der Waals surface area contributed by atoms with Crippen LogP contribution in [-0.4, -0.2) is 55.0 Å². The lowest BCUT2D eigenvalue weighted by atomic mass is 10.0. The van der Waals surface area contributed by atoms with E-state index in [0.717, 1.165) is 32.4 Å². The van der Waals surface area contributed by atoms with Gasteiger partial charge in [0, 0.05) is 25.2 Å². The van der Waals surface area contributed by atoms with Crippen molar-refractivity contribution in [3.8, 4) is 0 Å². The fourth-order valence-corrected chi connectivity index (χ4v) is 3.25. The molecule has 0 aromatic heterocycles. The number of nitrogens with zero attached hydrogens (tertiary/aromatic N) is 1. The molecule has 2 aliphatic heterocycles. The Morgan fingerprint density at radius 1 is 1.28 bits per heavy atom. The van der Waals surface area contributed by atoms with Gasteiger partial charge in [0.05, 0.1) is 24.9 Å². The van der Waals surface area contributed by atoms with Gasteiger partial charge in [-0.1, -0.05) is 6.92 Å². The van der Waals surface area contributed by atoms with Gasteiger partial charge in [-0.25, -0.2) is 0 Å². The van der Waals surface area contributed by atoms with Gasteiger partial charge in [0.2, 0.25) is 0 Å². The third-order valence-corrected chi connectivity index (χ3v) is 4.34. The third kappa shape index (κ3) is 3.05. The summed E-state index contributed by atoms with van der Waals surface area (Å²) in [6.45, 7) is 9.02. The molecule has 4 nitrogen and oxygen atoms in total. The summed E-state index contributed by atoms with van der Waals surface area (Å²) in [5.74, 6) is 0. The molecule has 2 aliphatic rings. The Morgan fingerprint density at radius 2 is 2.06 bits per heavy atom. The Hall–Kier alpha value is -0.160. The van der Waals surface area contributed by atoms with Gasteiger partial charge in [-0.3, -0.25) is 4.90 Å². The number of nitrogens with two attached hydrogens (primary N) is 1. The van der Waals surface area contributed by atoms with Crippen molar-refractivity contribution in [2.45, 2.75) is 70.4 Å². The first-order valence-corrected chi connectivity index (χ1v) is 7.38. The van der Waals surface area contributed by atoms with Gasteiger partial charge in [-0.05, 0) is 33.1 Å². The molecule has 4 heteroatoms. The molecule has 0 aliphatic carbocycles. The standard InChI is InChI=1S/C14H28N2O2/c1-4-12-9-17-11(3)8-16(12)13(7-15)14-6-5-10(2)18-14/h10-14H,4-9,15H2,1-3H3. The maximum Gasteiger partial charge on any atom is 0.0747 e. The predicted octanol–water partition coefficient (Wildman–Crippen LogP) is 1.38. The number of hydrogen-bond donors (Lipinski definition) is 1. The molecule has 5 atom stereocenters. The quantitative estimate of drug-likeness (QED) is 0.825. The fourth-order valence-electron chi connectivity index (χ4n) is 3.25. The number of ether oxygens (including phenoxy) is 2. The van der Waals surface area contributed by atoms with Crippen LogP contribution in [0.4, 0.5) is 0 Å². The van der Waals surface area contributed by atoms with Gasteiger partial charge in [0.25, 0.3) is 0 Å². The number of morpholine rings is 1. The lowest BCUT2D eigenvalue weighted by Crippen LogP contribution is -2.58. The van der Waals surface area contributed by atoms with Gasteiger partial charge in [-0.15, -0.1) is 0 Å². The van der Waals surface area contributed by atoms with Crippen LogP contribution in [0.1, 0.15) is 40.0 Å². The Morgan fingerprint density at radius 3 is 2.61 bits per heavy atom. The van der Waals surface area contributed by atoms with Gasteiger partial charge in [0.1, 0.15) is 0 Å². The van der Waals surface area contributed by atoms with Crippen LogP contribution in [0.3, 0.4) is 0 Å². The van der Waals surface area contributed by atoms with Gasteiger partial charge in [-0.2, -0.15) is 0 Å². The summed E-state index contributed by atoms with van der Waals surface area (Å²) in [6, 6.07) is 0.848. The first-order chi connectivity index (χ1) is 8.65.